The summed E-state index contributed by atoms with van der Waals surface area (Å²) < 4.78 is 11.6. The number of carbonyl (C=O) groups excluding carboxylic acids is 1. The summed E-state index contributed by atoms with van der Waals surface area (Å²) in [4.78, 5) is 17.4. The van der Waals surface area contributed by atoms with Gasteiger partial charge in [0.15, 0.2) is 5.58 Å². The summed E-state index contributed by atoms with van der Waals surface area (Å²) in [5.74, 6) is 1.12. The molecule has 0 radical (unpaired) electrons. The summed E-state index contributed by atoms with van der Waals surface area (Å²) in [7, 11) is 0. The Morgan fingerprint density at radius 1 is 0.968 bits per heavy atom. The van der Waals surface area contributed by atoms with Crippen molar-refractivity contribution >= 4 is 22.7 Å². The van der Waals surface area contributed by atoms with Crippen molar-refractivity contribution in [1.29, 1.82) is 0 Å². The summed E-state index contributed by atoms with van der Waals surface area (Å²) in [6, 6.07) is 17.0. The fourth-order valence-electron chi connectivity index (χ4n) is 3.31. The van der Waals surface area contributed by atoms with E-state index in [-0.39, 0.29) is 5.91 Å². The van der Waals surface area contributed by atoms with Crippen LogP contribution < -0.4 is 10.1 Å². The maximum atomic E-state index is 12.8. The first-order valence-corrected chi connectivity index (χ1v) is 10.5. The predicted molar refractivity (Wildman–Crippen MR) is 124 cm³/mol. The Hall–Kier alpha value is -3.60. The van der Waals surface area contributed by atoms with E-state index in [9.17, 15) is 4.79 Å². The molecular weight excluding hydrogens is 388 g/mol. The number of hydrogen-bond donors (Lipinski definition) is 1. The van der Waals surface area contributed by atoms with Crippen molar-refractivity contribution in [2.24, 2.45) is 0 Å². The van der Waals surface area contributed by atoms with Gasteiger partial charge in [-0.25, -0.2) is 4.98 Å². The summed E-state index contributed by atoms with van der Waals surface area (Å²) in [5.41, 5.74) is 7.00. The molecule has 0 saturated carbocycles. The summed E-state index contributed by atoms with van der Waals surface area (Å²) in [5, 5.41) is 3.00. The third kappa shape index (κ3) is 4.45. The molecule has 0 saturated heterocycles. The van der Waals surface area contributed by atoms with Crippen LogP contribution in [0, 0.1) is 20.8 Å². The summed E-state index contributed by atoms with van der Waals surface area (Å²) in [6.07, 6.45) is 0.942. The molecule has 0 fully saturated rings. The van der Waals surface area contributed by atoms with E-state index < -0.39 is 0 Å². The van der Waals surface area contributed by atoms with Crippen LogP contribution in [0.15, 0.2) is 59.0 Å². The van der Waals surface area contributed by atoms with Crippen molar-refractivity contribution in [2.75, 3.05) is 11.9 Å². The number of rotatable bonds is 6. The van der Waals surface area contributed by atoms with Gasteiger partial charge >= 0.3 is 0 Å². The average Bonchev–Trinajstić information content (AvgIpc) is 3.17. The van der Waals surface area contributed by atoms with Crippen LogP contribution >= 0.6 is 0 Å². The van der Waals surface area contributed by atoms with Gasteiger partial charge in [-0.3, -0.25) is 4.79 Å². The van der Waals surface area contributed by atoms with E-state index in [1.165, 1.54) is 5.56 Å². The molecule has 1 amide bonds. The molecule has 0 spiro atoms. The minimum atomic E-state index is -0.175. The molecule has 0 aliphatic rings. The average molecular weight is 415 g/mol. The SMILES string of the molecule is CCCOc1ccc(C(=O)Nc2cc(-c3nc4cc(C)c(C)cc4o3)ccc2C)cc1. The lowest BCUT2D eigenvalue weighted by atomic mass is 10.1. The van der Waals surface area contributed by atoms with Gasteiger partial charge in [0.05, 0.1) is 6.61 Å². The van der Waals surface area contributed by atoms with Gasteiger partial charge in [-0.1, -0.05) is 13.0 Å². The van der Waals surface area contributed by atoms with Gasteiger partial charge in [0.1, 0.15) is 11.3 Å². The number of anilines is 1. The van der Waals surface area contributed by atoms with Crippen molar-refractivity contribution < 1.29 is 13.9 Å². The van der Waals surface area contributed by atoms with Crippen molar-refractivity contribution in [2.45, 2.75) is 34.1 Å². The lowest BCUT2D eigenvalue weighted by Crippen LogP contribution is -2.12. The number of nitrogens with zero attached hydrogens (tertiary/aromatic N) is 1. The van der Waals surface area contributed by atoms with Gasteiger partial charge in [-0.05, 0) is 92.4 Å². The minimum absolute atomic E-state index is 0.175. The fourth-order valence-corrected chi connectivity index (χ4v) is 3.31. The molecule has 0 unspecified atom stereocenters. The Morgan fingerprint density at radius 2 is 1.71 bits per heavy atom. The molecule has 3 aromatic carbocycles. The molecule has 0 atom stereocenters. The van der Waals surface area contributed by atoms with Crippen molar-refractivity contribution in [3.8, 4) is 17.2 Å². The minimum Gasteiger partial charge on any atom is -0.494 e. The second-order valence-corrected chi connectivity index (χ2v) is 7.78. The first kappa shape index (κ1) is 20.7. The highest BCUT2D eigenvalue weighted by molar-refractivity contribution is 6.05. The first-order valence-electron chi connectivity index (χ1n) is 10.5. The van der Waals surface area contributed by atoms with Crippen LogP contribution in [-0.2, 0) is 0 Å². The number of aromatic nitrogens is 1. The van der Waals surface area contributed by atoms with Gasteiger partial charge in [0.2, 0.25) is 5.89 Å². The maximum absolute atomic E-state index is 12.8. The number of aryl methyl sites for hydroxylation is 3. The van der Waals surface area contributed by atoms with Gasteiger partial charge in [-0.15, -0.1) is 0 Å². The van der Waals surface area contributed by atoms with Crippen LogP contribution in [0.2, 0.25) is 0 Å². The normalized spacial score (nSPS) is 11.0. The first-order chi connectivity index (χ1) is 14.9. The zero-order valence-electron chi connectivity index (χ0n) is 18.3. The Bertz CT molecular complexity index is 1200. The molecule has 5 heteroatoms. The number of hydrogen-bond acceptors (Lipinski definition) is 4. The summed E-state index contributed by atoms with van der Waals surface area (Å²) in [6.45, 7) is 8.79. The third-order valence-electron chi connectivity index (χ3n) is 5.33. The van der Waals surface area contributed by atoms with E-state index in [4.69, 9.17) is 9.15 Å². The standard InChI is InChI=1S/C26H26N2O3/c1-5-12-30-21-10-8-19(9-11-21)25(29)27-22-15-20(7-6-16(22)2)26-28-23-13-17(3)18(4)14-24(23)31-26/h6-11,13-15H,5,12H2,1-4H3,(H,27,29). The molecule has 31 heavy (non-hydrogen) atoms. The van der Waals surface area contributed by atoms with Crippen LogP contribution in [-0.4, -0.2) is 17.5 Å². The van der Waals surface area contributed by atoms with Crippen LogP contribution in [0.1, 0.15) is 40.4 Å². The predicted octanol–water partition coefficient (Wildman–Crippen LogP) is 6.46. The zero-order valence-corrected chi connectivity index (χ0v) is 18.3. The van der Waals surface area contributed by atoms with Crippen LogP contribution in [0.4, 0.5) is 5.69 Å². The highest BCUT2D eigenvalue weighted by atomic mass is 16.5. The van der Waals surface area contributed by atoms with Crippen molar-refractivity contribution in [3.05, 3.63) is 76.9 Å². The number of fused-ring (bicyclic) bond motifs is 1. The Kier molecular flexibility index (Phi) is 5.76. The monoisotopic (exact) mass is 414 g/mol. The van der Waals surface area contributed by atoms with Gasteiger partial charge in [-0.2, -0.15) is 0 Å². The van der Waals surface area contributed by atoms with Gasteiger partial charge in [0.25, 0.3) is 5.91 Å². The lowest BCUT2D eigenvalue weighted by molar-refractivity contribution is 0.102. The van der Waals surface area contributed by atoms with E-state index in [2.05, 4.69) is 31.1 Å². The Labute approximate surface area is 182 Å². The zero-order chi connectivity index (χ0) is 22.0. The second-order valence-electron chi connectivity index (χ2n) is 7.78. The Morgan fingerprint density at radius 3 is 2.45 bits per heavy atom. The molecule has 4 aromatic rings. The van der Waals surface area contributed by atoms with E-state index in [1.807, 2.05) is 49.4 Å². The van der Waals surface area contributed by atoms with Gasteiger partial charge in [0, 0.05) is 16.8 Å². The topological polar surface area (TPSA) is 64.4 Å². The molecule has 1 aromatic heterocycles. The Balaban J connectivity index is 1.57. The van der Waals surface area contributed by atoms with E-state index in [1.54, 1.807) is 12.1 Å². The second kappa shape index (κ2) is 8.64. The maximum Gasteiger partial charge on any atom is 0.255 e. The molecular formula is C26H26N2O3. The number of benzene rings is 3. The number of oxazole rings is 1. The van der Waals surface area contributed by atoms with Crippen LogP contribution in [0.25, 0.3) is 22.6 Å². The van der Waals surface area contributed by atoms with Crippen molar-refractivity contribution in [1.82, 2.24) is 4.98 Å². The number of amides is 1. The number of ether oxygens (including phenoxy) is 1. The largest absolute Gasteiger partial charge is 0.494 e. The molecule has 1 heterocycles. The molecule has 0 aliphatic heterocycles. The van der Waals surface area contributed by atoms with Crippen molar-refractivity contribution in [3.63, 3.8) is 0 Å². The van der Waals surface area contributed by atoms with E-state index in [0.29, 0.717) is 18.1 Å². The smallest absolute Gasteiger partial charge is 0.255 e. The molecule has 4 rings (SSSR count). The molecule has 158 valence electrons. The lowest BCUT2D eigenvalue weighted by Gasteiger charge is -2.10. The third-order valence-corrected chi connectivity index (χ3v) is 5.33. The van der Waals surface area contributed by atoms with E-state index >= 15 is 0 Å². The van der Waals surface area contributed by atoms with Crippen LogP contribution in [0.3, 0.4) is 0 Å². The van der Waals surface area contributed by atoms with E-state index in [0.717, 1.165) is 45.6 Å². The quantitative estimate of drug-likeness (QED) is 0.393. The summed E-state index contributed by atoms with van der Waals surface area (Å²) >= 11 is 0. The highest BCUT2D eigenvalue weighted by Gasteiger charge is 2.13. The fraction of sp³-hybridized carbons (Fsp3) is 0.231. The number of nitrogens with one attached hydrogen (secondary N) is 1. The molecule has 0 aliphatic carbocycles. The molecule has 5 nitrogen and oxygen atoms in total. The van der Waals surface area contributed by atoms with Crippen LogP contribution in [0.5, 0.6) is 5.75 Å². The molecule has 1 N–H and O–H groups in total. The molecule has 0 bridgehead atoms. The highest BCUT2D eigenvalue weighted by Crippen LogP contribution is 2.29. The number of carbonyl (C=O) groups is 1. The van der Waals surface area contributed by atoms with Gasteiger partial charge < -0.3 is 14.5 Å².